The van der Waals surface area contributed by atoms with Crippen LogP contribution in [0.3, 0.4) is 0 Å². The third kappa shape index (κ3) is 2.66. The molecule has 0 radical (unpaired) electrons. The van der Waals surface area contributed by atoms with E-state index in [2.05, 4.69) is 6.92 Å². The maximum atomic E-state index is 11.8. The minimum absolute atomic E-state index is 0.565. The van der Waals surface area contributed by atoms with E-state index in [1.807, 2.05) is 32.0 Å². The fraction of sp³-hybridized carbons (Fsp3) is 0.533. The highest BCUT2D eigenvalue weighted by Crippen LogP contribution is 2.37. The number of nitrogen functional groups attached to an aromatic ring is 1. The molecule has 100 valence electrons. The van der Waals surface area contributed by atoms with Crippen LogP contribution in [0.4, 0.5) is 5.69 Å². The van der Waals surface area contributed by atoms with Crippen LogP contribution in [-0.2, 0) is 10.2 Å². The molecule has 0 aromatic heterocycles. The molecule has 0 amide bonds. The Kier molecular flexibility index (Phi) is 4.76. The molecule has 1 unspecified atom stereocenters. The first-order valence-corrected chi connectivity index (χ1v) is 6.58. The smallest absolute Gasteiger partial charge is 0.314 e. The molecule has 0 aliphatic heterocycles. The SMILES string of the molecule is CCCCC(CC)(C(=O)O)c1cc(C)ccc1N. The number of rotatable bonds is 6. The van der Waals surface area contributed by atoms with Gasteiger partial charge in [-0.05, 0) is 31.4 Å². The zero-order chi connectivity index (χ0) is 13.8. The number of benzene rings is 1. The Hall–Kier alpha value is -1.51. The fourth-order valence-corrected chi connectivity index (χ4v) is 2.44. The predicted octanol–water partition coefficient (Wildman–Crippen LogP) is 3.50. The zero-order valence-electron chi connectivity index (χ0n) is 11.5. The van der Waals surface area contributed by atoms with Gasteiger partial charge < -0.3 is 10.8 Å². The Balaban J connectivity index is 3.32. The summed E-state index contributed by atoms with van der Waals surface area (Å²) in [6.07, 6.45) is 3.09. The molecule has 0 saturated heterocycles. The van der Waals surface area contributed by atoms with Crippen molar-refractivity contribution in [2.24, 2.45) is 0 Å². The first kappa shape index (κ1) is 14.6. The average molecular weight is 249 g/mol. The summed E-state index contributed by atoms with van der Waals surface area (Å²) < 4.78 is 0. The van der Waals surface area contributed by atoms with Gasteiger partial charge in [-0.3, -0.25) is 4.79 Å². The molecular weight excluding hydrogens is 226 g/mol. The van der Waals surface area contributed by atoms with Crippen LogP contribution in [0.15, 0.2) is 18.2 Å². The topological polar surface area (TPSA) is 63.3 Å². The summed E-state index contributed by atoms with van der Waals surface area (Å²) in [5.41, 5.74) is 7.56. The summed E-state index contributed by atoms with van der Waals surface area (Å²) in [7, 11) is 0. The number of hydrogen-bond acceptors (Lipinski definition) is 2. The van der Waals surface area contributed by atoms with Gasteiger partial charge in [0.2, 0.25) is 0 Å². The van der Waals surface area contributed by atoms with Crippen LogP contribution < -0.4 is 5.73 Å². The Bertz CT molecular complexity index is 429. The van der Waals surface area contributed by atoms with Crippen LogP contribution in [0.1, 0.15) is 50.7 Å². The van der Waals surface area contributed by atoms with E-state index in [0.29, 0.717) is 18.5 Å². The maximum Gasteiger partial charge on any atom is 0.314 e. The third-order valence-corrected chi connectivity index (χ3v) is 3.69. The van der Waals surface area contributed by atoms with Gasteiger partial charge in [0.25, 0.3) is 0 Å². The Morgan fingerprint density at radius 1 is 1.39 bits per heavy atom. The Morgan fingerprint density at radius 2 is 2.06 bits per heavy atom. The van der Waals surface area contributed by atoms with Crippen LogP contribution in [-0.4, -0.2) is 11.1 Å². The van der Waals surface area contributed by atoms with Crippen molar-refractivity contribution in [3.8, 4) is 0 Å². The molecule has 1 atom stereocenters. The average Bonchev–Trinajstić information content (AvgIpc) is 2.34. The van der Waals surface area contributed by atoms with Crippen LogP contribution in [0.5, 0.6) is 0 Å². The standard InChI is InChI=1S/C15H23NO2/c1-4-6-9-15(5-2,14(17)18)12-10-11(3)7-8-13(12)16/h7-8,10H,4-6,9,16H2,1-3H3,(H,17,18). The van der Waals surface area contributed by atoms with E-state index >= 15 is 0 Å². The molecule has 1 aromatic carbocycles. The first-order chi connectivity index (χ1) is 8.47. The lowest BCUT2D eigenvalue weighted by Gasteiger charge is -2.30. The van der Waals surface area contributed by atoms with Crippen molar-refractivity contribution >= 4 is 11.7 Å². The molecule has 3 N–H and O–H groups in total. The van der Waals surface area contributed by atoms with Gasteiger partial charge >= 0.3 is 5.97 Å². The van der Waals surface area contributed by atoms with Crippen LogP contribution >= 0.6 is 0 Å². The van der Waals surface area contributed by atoms with Gasteiger partial charge in [0.05, 0.1) is 5.41 Å². The largest absolute Gasteiger partial charge is 0.481 e. The predicted molar refractivity (Wildman–Crippen MR) is 74.7 cm³/mol. The van der Waals surface area contributed by atoms with Crippen molar-refractivity contribution in [1.82, 2.24) is 0 Å². The highest BCUT2D eigenvalue weighted by molar-refractivity contribution is 5.83. The lowest BCUT2D eigenvalue weighted by atomic mass is 9.73. The minimum atomic E-state index is -0.841. The van der Waals surface area contributed by atoms with Gasteiger partial charge in [-0.15, -0.1) is 0 Å². The quantitative estimate of drug-likeness (QED) is 0.758. The second-order valence-electron chi connectivity index (χ2n) is 4.94. The monoisotopic (exact) mass is 249 g/mol. The number of hydrogen-bond donors (Lipinski definition) is 2. The van der Waals surface area contributed by atoms with Gasteiger partial charge in [-0.2, -0.15) is 0 Å². The summed E-state index contributed by atoms with van der Waals surface area (Å²) in [6.45, 7) is 5.96. The van der Waals surface area contributed by atoms with E-state index in [-0.39, 0.29) is 0 Å². The van der Waals surface area contributed by atoms with Gasteiger partial charge in [-0.1, -0.05) is 44.4 Å². The molecule has 3 nitrogen and oxygen atoms in total. The molecule has 0 bridgehead atoms. The van der Waals surface area contributed by atoms with Crippen molar-refractivity contribution in [3.05, 3.63) is 29.3 Å². The highest BCUT2D eigenvalue weighted by Gasteiger charge is 2.39. The lowest BCUT2D eigenvalue weighted by molar-refractivity contribution is -0.144. The van der Waals surface area contributed by atoms with Gasteiger partial charge in [0, 0.05) is 5.69 Å². The summed E-state index contributed by atoms with van der Waals surface area (Å²) >= 11 is 0. The van der Waals surface area contributed by atoms with E-state index in [9.17, 15) is 9.90 Å². The van der Waals surface area contributed by atoms with Crippen molar-refractivity contribution in [3.63, 3.8) is 0 Å². The number of aryl methyl sites for hydroxylation is 1. The summed E-state index contributed by atoms with van der Waals surface area (Å²) in [5, 5.41) is 9.66. The number of carboxylic acids is 1. The minimum Gasteiger partial charge on any atom is -0.481 e. The zero-order valence-corrected chi connectivity index (χ0v) is 11.5. The summed E-state index contributed by atoms with van der Waals surface area (Å²) in [4.78, 5) is 11.8. The molecule has 0 saturated carbocycles. The molecule has 0 heterocycles. The molecule has 1 rings (SSSR count). The molecule has 1 aromatic rings. The van der Waals surface area contributed by atoms with Crippen LogP contribution in [0, 0.1) is 6.92 Å². The van der Waals surface area contributed by atoms with Crippen molar-refractivity contribution in [2.45, 2.75) is 51.9 Å². The van der Waals surface area contributed by atoms with Crippen molar-refractivity contribution in [2.75, 3.05) is 5.73 Å². The second-order valence-corrected chi connectivity index (χ2v) is 4.94. The van der Waals surface area contributed by atoms with Crippen LogP contribution in [0.2, 0.25) is 0 Å². The normalized spacial score (nSPS) is 14.2. The van der Waals surface area contributed by atoms with E-state index in [1.54, 1.807) is 0 Å². The number of unbranched alkanes of at least 4 members (excludes halogenated alkanes) is 1. The number of carbonyl (C=O) groups is 1. The maximum absolute atomic E-state index is 11.8. The number of carboxylic acid groups (broad SMARTS) is 1. The first-order valence-electron chi connectivity index (χ1n) is 6.58. The third-order valence-electron chi connectivity index (χ3n) is 3.69. The molecule has 0 spiro atoms. The van der Waals surface area contributed by atoms with Gasteiger partial charge in [-0.25, -0.2) is 0 Å². The second kappa shape index (κ2) is 5.89. The molecular formula is C15H23NO2. The Morgan fingerprint density at radius 3 is 2.56 bits per heavy atom. The molecule has 0 aliphatic rings. The summed E-state index contributed by atoms with van der Waals surface area (Å²) in [5.74, 6) is -0.768. The van der Waals surface area contributed by atoms with E-state index in [0.717, 1.165) is 24.0 Å². The van der Waals surface area contributed by atoms with Gasteiger partial charge in [0.15, 0.2) is 0 Å². The van der Waals surface area contributed by atoms with Gasteiger partial charge in [0.1, 0.15) is 0 Å². The van der Waals surface area contributed by atoms with E-state index in [1.165, 1.54) is 0 Å². The Labute approximate surface area is 109 Å². The lowest BCUT2D eigenvalue weighted by Crippen LogP contribution is -2.36. The molecule has 0 aliphatic carbocycles. The van der Waals surface area contributed by atoms with Crippen molar-refractivity contribution in [1.29, 1.82) is 0 Å². The summed E-state index contributed by atoms with van der Waals surface area (Å²) in [6, 6.07) is 5.65. The number of anilines is 1. The van der Waals surface area contributed by atoms with E-state index < -0.39 is 11.4 Å². The van der Waals surface area contributed by atoms with E-state index in [4.69, 9.17) is 5.73 Å². The molecule has 3 heteroatoms. The number of aliphatic carboxylic acids is 1. The fourth-order valence-electron chi connectivity index (χ4n) is 2.44. The van der Waals surface area contributed by atoms with Crippen molar-refractivity contribution < 1.29 is 9.90 Å². The highest BCUT2D eigenvalue weighted by atomic mass is 16.4. The van der Waals surface area contributed by atoms with Crippen LogP contribution in [0.25, 0.3) is 0 Å². The molecule has 0 fully saturated rings. The number of nitrogens with two attached hydrogens (primary N) is 1. The molecule has 18 heavy (non-hydrogen) atoms.